The highest BCUT2D eigenvalue weighted by molar-refractivity contribution is 5.85. The molecule has 104 valence electrons. The Morgan fingerprint density at radius 2 is 2.15 bits per heavy atom. The predicted molar refractivity (Wildman–Crippen MR) is 68.9 cm³/mol. The summed E-state index contributed by atoms with van der Waals surface area (Å²) in [5, 5.41) is 19.9. The Morgan fingerprint density at radius 1 is 1.40 bits per heavy atom. The first-order valence-electron chi connectivity index (χ1n) is 5.77. The van der Waals surface area contributed by atoms with E-state index in [1.54, 1.807) is 13.0 Å². The van der Waals surface area contributed by atoms with Gasteiger partial charge in [0.2, 0.25) is 5.76 Å². The number of nitrogens with zero attached hydrogens (tertiary/aromatic N) is 1. The van der Waals surface area contributed by atoms with E-state index in [1.807, 2.05) is 0 Å². The number of hydrogen-bond donors (Lipinski definition) is 1. The molecular weight excluding hydrogens is 266 g/mol. The summed E-state index contributed by atoms with van der Waals surface area (Å²) in [6.45, 7) is 2.16. The minimum Gasteiger partial charge on any atom is -0.494 e. The normalized spacial score (nSPS) is 10.2. The van der Waals surface area contributed by atoms with Crippen molar-refractivity contribution in [2.45, 2.75) is 6.92 Å². The van der Waals surface area contributed by atoms with Crippen LogP contribution in [0.1, 0.15) is 17.5 Å². The van der Waals surface area contributed by atoms with Crippen LogP contribution in [0.15, 0.2) is 34.7 Å². The minimum atomic E-state index is -1.23. The van der Waals surface area contributed by atoms with Gasteiger partial charge in [-0.3, -0.25) is 10.1 Å². The van der Waals surface area contributed by atoms with E-state index in [2.05, 4.69) is 0 Å². The molecule has 0 bridgehead atoms. The smallest absolute Gasteiger partial charge is 0.371 e. The average molecular weight is 277 g/mol. The van der Waals surface area contributed by atoms with E-state index >= 15 is 0 Å². The Bertz CT molecular complexity index is 661. The topological polar surface area (TPSA) is 103 Å². The molecule has 7 heteroatoms. The Kier molecular flexibility index (Phi) is 3.69. The fraction of sp³-hybridized carbons (Fsp3) is 0.154. The molecule has 1 heterocycles. The summed E-state index contributed by atoms with van der Waals surface area (Å²) in [5.74, 6) is -1.02. The first kappa shape index (κ1) is 13.6. The molecule has 7 nitrogen and oxygen atoms in total. The highest BCUT2D eigenvalue weighted by Crippen LogP contribution is 2.34. The lowest BCUT2D eigenvalue weighted by molar-refractivity contribution is -0.384. The molecule has 0 saturated heterocycles. The van der Waals surface area contributed by atoms with Crippen molar-refractivity contribution in [3.8, 4) is 17.1 Å². The molecule has 0 spiro atoms. The summed E-state index contributed by atoms with van der Waals surface area (Å²) in [7, 11) is 0. The molecule has 1 aromatic heterocycles. The molecule has 1 aromatic carbocycles. The summed E-state index contributed by atoms with van der Waals surface area (Å²) in [4.78, 5) is 21.3. The molecule has 2 rings (SSSR count). The molecular formula is C13H11NO6. The van der Waals surface area contributed by atoms with Crippen molar-refractivity contribution in [1.29, 1.82) is 0 Å². The van der Waals surface area contributed by atoms with Crippen LogP contribution in [-0.4, -0.2) is 22.6 Å². The van der Waals surface area contributed by atoms with Crippen molar-refractivity contribution >= 4 is 11.7 Å². The molecule has 20 heavy (non-hydrogen) atoms. The van der Waals surface area contributed by atoms with Gasteiger partial charge >= 0.3 is 5.97 Å². The molecule has 0 aliphatic carbocycles. The van der Waals surface area contributed by atoms with Gasteiger partial charge in [-0.15, -0.1) is 0 Å². The van der Waals surface area contributed by atoms with Gasteiger partial charge in [-0.25, -0.2) is 4.79 Å². The maximum atomic E-state index is 11.1. The molecule has 0 saturated carbocycles. The monoisotopic (exact) mass is 277 g/mol. The Hall–Kier alpha value is -2.83. The maximum absolute atomic E-state index is 11.1. The predicted octanol–water partition coefficient (Wildman–Crippen LogP) is 2.95. The van der Waals surface area contributed by atoms with Gasteiger partial charge in [-0.2, -0.15) is 0 Å². The number of ether oxygens (including phenoxy) is 1. The summed E-state index contributed by atoms with van der Waals surface area (Å²) < 4.78 is 10.3. The molecule has 0 radical (unpaired) electrons. The number of nitro benzene ring substituents is 1. The number of benzene rings is 1. The van der Waals surface area contributed by atoms with E-state index < -0.39 is 10.9 Å². The van der Waals surface area contributed by atoms with Crippen molar-refractivity contribution in [3.05, 3.63) is 46.2 Å². The maximum Gasteiger partial charge on any atom is 0.371 e. The minimum absolute atomic E-state index is 0.122. The van der Waals surface area contributed by atoms with Crippen LogP contribution in [0.4, 0.5) is 5.69 Å². The highest BCUT2D eigenvalue weighted by atomic mass is 16.6. The van der Waals surface area contributed by atoms with Crippen LogP contribution in [0.3, 0.4) is 0 Å². The van der Waals surface area contributed by atoms with E-state index in [9.17, 15) is 14.9 Å². The summed E-state index contributed by atoms with van der Waals surface area (Å²) in [5.41, 5.74) is -0.00630. The van der Waals surface area contributed by atoms with Crippen LogP contribution in [0.2, 0.25) is 0 Å². The summed E-state index contributed by atoms with van der Waals surface area (Å²) in [6, 6.07) is 6.94. The van der Waals surface area contributed by atoms with E-state index in [0.29, 0.717) is 12.4 Å². The van der Waals surface area contributed by atoms with E-state index in [1.165, 1.54) is 24.3 Å². The summed E-state index contributed by atoms with van der Waals surface area (Å²) in [6.07, 6.45) is 0. The van der Waals surface area contributed by atoms with E-state index in [-0.39, 0.29) is 22.8 Å². The third-order valence-electron chi connectivity index (χ3n) is 2.56. The first-order chi connectivity index (χ1) is 9.52. The zero-order valence-corrected chi connectivity index (χ0v) is 10.5. The zero-order valence-electron chi connectivity index (χ0n) is 10.5. The van der Waals surface area contributed by atoms with Gasteiger partial charge in [0.05, 0.1) is 23.2 Å². The van der Waals surface area contributed by atoms with Crippen LogP contribution in [-0.2, 0) is 0 Å². The molecule has 0 unspecified atom stereocenters. The fourth-order valence-corrected chi connectivity index (χ4v) is 1.72. The molecule has 1 N–H and O–H groups in total. The Balaban J connectivity index is 2.49. The second-order valence-corrected chi connectivity index (χ2v) is 3.84. The number of hydrogen-bond acceptors (Lipinski definition) is 5. The standard InChI is InChI=1S/C13H11NO6/c1-2-19-8-3-4-9(10(7-8)14(17)18)11-5-6-12(20-11)13(15)16/h3-7H,2H2,1H3,(H,15,16). The van der Waals surface area contributed by atoms with Crippen molar-refractivity contribution in [3.63, 3.8) is 0 Å². The van der Waals surface area contributed by atoms with Gasteiger partial charge in [0.1, 0.15) is 11.5 Å². The Labute approximate surface area is 113 Å². The van der Waals surface area contributed by atoms with Crippen molar-refractivity contribution in [1.82, 2.24) is 0 Å². The summed E-state index contributed by atoms with van der Waals surface area (Å²) >= 11 is 0. The number of aromatic carboxylic acids is 1. The quantitative estimate of drug-likeness (QED) is 0.665. The number of carbonyl (C=O) groups is 1. The second kappa shape index (κ2) is 5.43. The second-order valence-electron chi connectivity index (χ2n) is 3.84. The molecule has 0 atom stereocenters. The fourth-order valence-electron chi connectivity index (χ4n) is 1.72. The van der Waals surface area contributed by atoms with Gasteiger partial charge in [0.25, 0.3) is 5.69 Å². The molecule has 0 aliphatic rings. The van der Waals surface area contributed by atoms with Crippen LogP contribution in [0.25, 0.3) is 11.3 Å². The molecule has 0 fully saturated rings. The molecule has 0 amide bonds. The van der Waals surface area contributed by atoms with Crippen LogP contribution < -0.4 is 4.74 Å². The van der Waals surface area contributed by atoms with Gasteiger partial charge in [0.15, 0.2) is 0 Å². The first-order valence-corrected chi connectivity index (χ1v) is 5.77. The lowest BCUT2D eigenvalue weighted by Crippen LogP contribution is -1.96. The average Bonchev–Trinajstić information content (AvgIpc) is 2.88. The molecule has 2 aromatic rings. The Morgan fingerprint density at radius 3 is 2.70 bits per heavy atom. The van der Waals surface area contributed by atoms with Crippen molar-refractivity contribution in [2.75, 3.05) is 6.61 Å². The van der Waals surface area contributed by atoms with E-state index in [4.69, 9.17) is 14.3 Å². The number of nitro groups is 1. The SMILES string of the molecule is CCOc1ccc(-c2ccc(C(=O)O)o2)c([N+](=O)[O-])c1. The third kappa shape index (κ3) is 2.61. The third-order valence-corrected chi connectivity index (χ3v) is 2.56. The van der Waals surface area contributed by atoms with Gasteiger partial charge < -0.3 is 14.3 Å². The van der Waals surface area contributed by atoms with Crippen LogP contribution >= 0.6 is 0 Å². The zero-order chi connectivity index (χ0) is 14.7. The van der Waals surface area contributed by atoms with Crippen LogP contribution in [0, 0.1) is 10.1 Å². The van der Waals surface area contributed by atoms with Crippen LogP contribution in [0.5, 0.6) is 5.75 Å². The van der Waals surface area contributed by atoms with Crippen molar-refractivity contribution < 1.29 is 24.0 Å². The molecule has 0 aliphatic heterocycles. The van der Waals surface area contributed by atoms with Gasteiger partial charge in [-0.05, 0) is 31.2 Å². The number of carboxylic acids is 1. The lowest BCUT2D eigenvalue weighted by atomic mass is 10.1. The van der Waals surface area contributed by atoms with Gasteiger partial charge in [-0.1, -0.05) is 0 Å². The van der Waals surface area contributed by atoms with Gasteiger partial charge in [0, 0.05) is 0 Å². The number of furan rings is 1. The number of rotatable bonds is 5. The van der Waals surface area contributed by atoms with Crippen molar-refractivity contribution in [2.24, 2.45) is 0 Å². The van der Waals surface area contributed by atoms with E-state index in [0.717, 1.165) is 0 Å². The number of carboxylic acid groups (broad SMARTS) is 1. The highest BCUT2D eigenvalue weighted by Gasteiger charge is 2.20. The lowest BCUT2D eigenvalue weighted by Gasteiger charge is -2.05. The largest absolute Gasteiger partial charge is 0.494 e.